The van der Waals surface area contributed by atoms with Crippen LogP contribution in [0.25, 0.3) is 43.8 Å². The van der Waals surface area contributed by atoms with E-state index in [1.54, 1.807) is 0 Å². The average molecular weight is 825 g/mol. The minimum atomic E-state index is 0. The summed E-state index contributed by atoms with van der Waals surface area (Å²) < 4.78 is 0. The molecular weight excluding hydrogens is 767 g/mol. The molecule has 6 aromatic rings. The van der Waals surface area contributed by atoms with Gasteiger partial charge in [0, 0.05) is 0 Å². The number of fused-ring (bicyclic) bond motifs is 2. The SMILES string of the molecule is CCCC1(Cc2cc3c(-c4ccc(C)cc4)cccc3[cH-]2)CC1.CCCC1(Cc2cc3c(-c4ccc(C)cc4)cccc3[cH-]2)CC1.Cl.Cl.[CH3-].[CH3-].[Si]=[Zr]. The summed E-state index contributed by atoms with van der Waals surface area (Å²) in [5.41, 5.74) is 12.4. The fourth-order valence-electron chi connectivity index (χ4n) is 8.08. The fraction of sp³-hybridized carbons (Fsp3) is 0.333. The summed E-state index contributed by atoms with van der Waals surface area (Å²) >= 11 is 1.36. The zero-order valence-corrected chi connectivity index (χ0v) is 37.4. The fourth-order valence-corrected chi connectivity index (χ4v) is 8.08. The van der Waals surface area contributed by atoms with Crippen molar-refractivity contribution in [2.45, 2.75) is 91.9 Å². The van der Waals surface area contributed by atoms with Crippen molar-refractivity contribution in [3.05, 3.63) is 146 Å². The third-order valence-electron chi connectivity index (χ3n) is 11.0. The summed E-state index contributed by atoms with van der Waals surface area (Å²) in [6, 6.07) is 41.0. The first-order valence-corrected chi connectivity index (χ1v) is 22.3. The molecule has 0 nitrogen and oxygen atoms in total. The van der Waals surface area contributed by atoms with Crippen LogP contribution in [0.4, 0.5) is 0 Å². The van der Waals surface area contributed by atoms with Crippen molar-refractivity contribution in [1.82, 2.24) is 0 Å². The Morgan fingerprint density at radius 2 is 0.904 bits per heavy atom. The topological polar surface area (TPSA) is 0 Å². The van der Waals surface area contributed by atoms with Gasteiger partial charge in [-0.05, 0) is 87.2 Å². The molecule has 0 heterocycles. The van der Waals surface area contributed by atoms with E-state index in [0.29, 0.717) is 10.8 Å². The van der Waals surface area contributed by atoms with Gasteiger partial charge in [0.15, 0.2) is 0 Å². The summed E-state index contributed by atoms with van der Waals surface area (Å²) in [6.45, 7) is 12.0. The van der Waals surface area contributed by atoms with Crippen molar-refractivity contribution in [1.29, 1.82) is 0 Å². The molecule has 0 spiro atoms. The van der Waals surface area contributed by atoms with Crippen molar-refractivity contribution in [3.63, 3.8) is 0 Å². The van der Waals surface area contributed by atoms with Crippen LogP contribution in [0.1, 0.15) is 87.5 Å². The van der Waals surface area contributed by atoms with Gasteiger partial charge >= 0.3 is 30.2 Å². The number of hydrogen-bond donors (Lipinski definition) is 0. The molecule has 0 aromatic heterocycles. The van der Waals surface area contributed by atoms with E-state index < -0.39 is 0 Å². The number of halogens is 2. The molecule has 4 heteroatoms. The van der Waals surface area contributed by atoms with Gasteiger partial charge in [0.1, 0.15) is 0 Å². The number of rotatable bonds is 10. The third-order valence-corrected chi connectivity index (χ3v) is 11.0. The quantitative estimate of drug-likeness (QED) is 0.0953. The Kier molecular flexibility index (Phi) is 18.1. The predicted octanol–water partition coefficient (Wildman–Crippen LogP) is 14.7. The number of aryl methyl sites for hydroxylation is 2. The van der Waals surface area contributed by atoms with E-state index in [1.165, 1.54) is 154 Å². The normalized spacial score (nSPS) is 14.1. The van der Waals surface area contributed by atoms with Gasteiger partial charge in [-0.2, -0.15) is 12.1 Å². The van der Waals surface area contributed by atoms with Gasteiger partial charge < -0.3 is 14.9 Å². The average Bonchev–Trinajstić information content (AvgIpc) is 3.94. The maximum absolute atomic E-state index is 3.06. The second-order valence-corrected chi connectivity index (χ2v) is 14.9. The van der Waals surface area contributed by atoms with Crippen molar-refractivity contribution in [3.8, 4) is 22.3 Å². The zero-order chi connectivity index (χ0) is 33.7. The molecule has 0 bridgehead atoms. The molecule has 0 atom stereocenters. The predicted molar refractivity (Wildman–Crippen MR) is 233 cm³/mol. The molecule has 2 fully saturated rings. The minimum absolute atomic E-state index is 0. The van der Waals surface area contributed by atoms with E-state index >= 15 is 0 Å². The Morgan fingerprint density at radius 3 is 1.21 bits per heavy atom. The van der Waals surface area contributed by atoms with Gasteiger partial charge in [-0.25, -0.2) is 0 Å². The summed E-state index contributed by atoms with van der Waals surface area (Å²) in [6.07, 6.45) is 13.6. The Morgan fingerprint density at radius 1 is 0.558 bits per heavy atom. The van der Waals surface area contributed by atoms with Crippen molar-refractivity contribution >= 4 is 53.2 Å². The van der Waals surface area contributed by atoms with E-state index in [0.717, 1.165) is 0 Å². The van der Waals surface area contributed by atoms with Crippen LogP contribution in [0.5, 0.6) is 0 Å². The maximum atomic E-state index is 3.06. The van der Waals surface area contributed by atoms with Gasteiger partial charge in [-0.15, -0.1) is 93.9 Å². The van der Waals surface area contributed by atoms with Crippen LogP contribution < -0.4 is 0 Å². The Bertz CT molecular complexity index is 1810. The molecule has 0 N–H and O–H groups in total. The van der Waals surface area contributed by atoms with Crippen LogP contribution in [-0.4, -0.2) is 6.88 Å². The molecule has 52 heavy (non-hydrogen) atoms. The van der Waals surface area contributed by atoms with Crippen molar-refractivity contribution in [2.75, 3.05) is 0 Å². The van der Waals surface area contributed by atoms with Crippen molar-refractivity contribution < 1.29 is 23.3 Å². The van der Waals surface area contributed by atoms with E-state index in [4.69, 9.17) is 0 Å². The summed E-state index contributed by atoms with van der Waals surface area (Å²) in [5, 5.41) is 5.62. The van der Waals surface area contributed by atoms with E-state index in [2.05, 4.69) is 144 Å². The summed E-state index contributed by atoms with van der Waals surface area (Å²) in [5.74, 6) is 0. The summed E-state index contributed by atoms with van der Waals surface area (Å²) in [4.78, 5) is 0. The zero-order valence-electron chi connectivity index (χ0n) is 32.3. The monoisotopic (exact) mass is 822 g/mol. The molecule has 0 saturated heterocycles. The summed E-state index contributed by atoms with van der Waals surface area (Å²) in [7, 11) is 0. The van der Waals surface area contributed by atoms with E-state index in [1.807, 2.05) is 0 Å². The van der Waals surface area contributed by atoms with Gasteiger partial charge in [0.2, 0.25) is 0 Å². The van der Waals surface area contributed by atoms with Crippen LogP contribution in [-0.2, 0) is 36.2 Å². The first kappa shape index (κ1) is 45.9. The number of benzene rings is 4. The molecular formula is C48H58Cl2SiZr-4. The standard InChI is InChI=1S/2C23H25.2CH3.2ClH.Si.Zr/c2*1-3-11-23(12-13-23)16-18-14-20-5-4-6-21(22(20)15-18)19-9-7-17(2)8-10-19;;;;;;/h2*4-10,14-15H,3,11-13,16H2,1-2H3;2*1H3;2*1H;;/q4*-1;;;;. The molecule has 0 aliphatic heterocycles. The van der Waals surface area contributed by atoms with Crippen molar-refractivity contribution in [2.24, 2.45) is 10.8 Å². The number of hydrogen-bond acceptors (Lipinski definition) is 0. The molecule has 2 saturated carbocycles. The molecule has 276 valence electrons. The molecule has 6 aromatic carbocycles. The van der Waals surface area contributed by atoms with Crippen LogP contribution in [0.3, 0.4) is 0 Å². The van der Waals surface area contributed by atoms with E-state index in [9.17, 15) is 0 Å². The van der Waals surface area contributed by atoms with E-state index in [-0.39, 0.29) is 39.7 Å². The second-order valence-electron chi connectivity index (χ2n) is 14.9. The van der Waals surface area contributed by atoms with Gasteiger partial charge in [0.05, 0.1) is 0 Å². The van der Waals surface area contributed by atoms with Gasteiger partial charge in [0.25, 0.3) is 0 Å². The molecule has 8 rings (SSSR count). The molecule has 2 aliphatic carbocycles. The van der Waals surface area contributed by atoms with Crippen LogP contribution in [0, 0.1) is 39.5 Å². The third kappa shape index (κ3) is 10.9. The molecule has 0 amide bonds. The Labute approximate surface area is 345 Å². The van der Waals surface area contributed by atoms with Crippen LogP contribution in [0.2, 0.25) is 0 Å². The van der Waals surface area contributed by atoms with Crippen LogP contribution in [0.15, 0.2) is 109 Å². The Hall–Kier alpha value is -2.22. The first-order chi connectivity index (χ1) is 23.4. The first-order valence-electron chi connectivity index (χ1n) is 18.1. The molecule has 2 aliphatic rings. The van der Waals surface area contributed by atoms with Crippen LogP contribution >= 0.6 is 24.8 Å². The molecule has 2 radical (unpaired) electrons. The Balaban J connectivity index is 0.000000320. The second kappa shape index (κ2) is 20.5. The van der Waals surface area contributed by atoms with Gasteiger partial charge in [-0.3, -0.25) is 0 Å². The molecule has 0 unspecified atom stereocenters. The van der Waals surface area contributed by atoms with Gasteiger partial charge in [-0.1, -0.05) is 110 Å².